The van der Waals surface area contributed by atoms with E-state index < -0.39 is 6.16 Å². The molecule has 4 heteroatoms. The molecule has 134 valence electrons. The molecule has 0 fully saturated rings. The molecule has 4 nitrogen and oxygen atoms in total. The Hall–Kier alpha value is -2.49. The quantitative estimate of drug-likeness (QED) is 0.515. The van der Waals surface area contributed by atoms with E-state index in [0.717, 1.165) is 23.4 Å². The number of nitrogens with zero attached hydrogens (tertiary/aromatic N) is 1. The fourth-order valence-electron chi connectivity index (χ4n) is 2.64. The van der Waals surface area contributed by atoms with Crippen molar-refractivity contribution in [3.63, 3.8) is 0 Å². The molecule has 2 aromatic rings. The summed E-state index contributed by atoms with van der Waals surface area (Å²) in [6, 6.07) is 15.9. The standard InChI is InChI=1S/C21H27NO3/c1-5-22(19-9-7-6-8-10-19)11-12-24-21(23)25-20-14-17(4)13-18(15-20)16(2)3/h6-10,13-16H,5,11-12H2,1-4H3. The molecular weight excluding hydrogens is 314 g/mol. The van der Waals surface area contributed by atoms with Crippen molar-refractivity contribution in [3.05, 3.63) is 59.7 Å². The largest absolute Gasteiger partial charge is 0.513 e. The van der Waals surface area contributed by atoms with Crippen LogP contribution in [0.25, 0.3) is 0 Å². The van der Waals surface area contributed by atoms with Gasteiger partial charge >= 0.3 is 6.16 Å². The van der Waals surface area contributed by atoms with Gasteiger partial charge in [-0.15, -0.1) is 0 Å². The minimum atomic E-state index is -0.663. The molecule has 0 aliphatic carbocycles. The van der Waals surface area contributed by atoms with Gasteiger partial charge in [0, 0.05) is 12.2 Å². The van der Waals surface area contributed by atoms with E-state index in [9.17, 15) is 4.79 Å². The van der Waals surface area contributed by atoms with Crippen molar-refractivity contribution in [1.29, 1.82) is 0 Å². The minimum absolute atomic E-state index is 0.282. The number of likely N-dealkylation sites (N-methyl/N-ethyl adjacent to an activating group) is 1. The molecule has 0 aliphatic heterocycles. The number of rotatable bonds is 7. The van der Waals surface area contributed by atoms with E-state index in [4.69, 9.17) is 9.47 Å². The summed E-state index contributed by atoms with van der Waals surface area (Å²) in [7, 11) is 0. The van der Waals surface area contributed by atoms with Crippen LogP contribution in [0.3, 0.4) is 0 Å². The number of benzene rings is 2. The van der Waals surface area contributed by atoms with Gasteiger partial charge in [-0.2, -0.15) is 0 Å². The first-order valence-electron chi connectivity index (χ1n) is 8.75. The molecule has 0 radical (unpaired) electrons. The highest BCUT2D eigenvalue weighted by Gasteiger charge is 2.10. The molecular formula is C21H27NO3. The van der Waals surface area contributed by atoms with Crippen LogP contribution in [-0.4, -0.2) is 25.9 Å². The second-order valence-corrected chi connectivity index (χ2v) is 6.35. The summed E-state index contributed by atoms with van der Waals surface area (Å²) in [5.41, 5.74) is 3.32. The van der Waals surface area contributed by atoms with Crippen molar-refractivity contribution in [2.24, 2.45) is 0 Å². The Bertz CT molecular complexity index is 683. The highest BCUT2D eigenvalue weighted by atomic mass is 16.7. The van der Waals surface area contributed by atoms with Crippen molar-refractivity contribution >= 4 is 11.8 Å². The smallest absolute Gasteiger partial charge is 0.432 e. The van der Waals surface area contributed by atoms with Crippen LogP contribution in [0.5, 0.6) is 5.75 Å². The van der Waals surface area contributed by atoms with Gasteiger partial charge in [-0.05, 0) is 55.2 Å². The van der Waals surface area contributed by atoms with Crippen molar-refractivity contribution in [2.75, 3.05) is 24.6 Å². The van der Waals surface area contributed by atoms with E-state index in [-0.39, 0.29) is 6.61 Å². The lowest BCUT2D eigenvalue weighted by Crippen LogP contribution is -2.28. The molecule has 0 spiro atoms. The fourth-order valence-corrected chi connectivity index (χ4v) is 2.64. The van der Waals surface area contributed by atoms with Crippen LogP contribution in [-0.2, 0) is 4.74 Å². The van der Waals surface area contributed by atoms with E-state index in [1.807, 2.05) is 49.4 Å². The Labute approximate surface area is 150 Å². The lowest BCUT2D eigenvalue weighted by molar-refractivity contribution is 0.101. The molecule has 25 heavy (non-hydrogen) atoms. The average Bonchev–Trinajstić information content (AvgIpc) is 2.59. The third-order valence-electron chi connectivity index (χ3n) is 4.03. The van der Waals surface area contributed by atoms with Crippen molar-refractivity contribution in [2.45, 2.75) is 33.6 Å². The first-order chi connectivity index (χ1) is 12.0. The van der Waals surface area contributed by atoms with Gasteiger partial charge in [0.1, 0.15) is 12.4 Å². The van der Waals surface area contributed by atoms with Crippen LogP contribution in [0.4, 0.5) is 10.5 Å². The molecule has 0 saturated heterocycles. The highest BCUT2D eigenvalue weighted by Crippen LogP contribution is 2.23. The van der Waals surface area contributed by atoms with Crippen LogP contribution in [0.2, 0.25) is 0 Å². The Morgan fingerprint density at radius 3 is 2.48 bits per heavy atom. The first kappa shape index (κ1) is 18.8. The lowest BCUT2D eigenvalue weighted by atomic mass is 10.0. The second kappa shape index (κ2) is 9.11. The minimum Gasteiger partial charge on any atom is -0.432 e. The highest BCUT2D eigenvalue weighted by molar-refractivity contribution is 5.64. The zero-order valence-corrected chi connectivity index (χ0v) is 15.5. The molecule has 0 aromatic heterocycles. The number of anilines is 1. The van der Waals surface area contributed by atoms with Crippen LogP contribution >= 0.6 is 0 Å². The molecule has 0 N–H and O–H groups in total. The maximum Gasteiger partial charge on any atom is 0.513 e. The maximum absolute atomic E-state index is 11.9. The third-order valence-corrected chi connectivity index (χ3v) is 4.03. The van der Waals surface area contributed by atoms with Crippen LogP contribution in [0.1, 0.15) is 37.8 Å². The SMILES string of the molecule is CCN(CCOC(=O)Oc1cc(C)cc(C(C)C)c1)c1ccccc1. The summed E-state index contributed by atoms with van der Waals surface area (Å²) in [6.07, 6.45) is -0.663. The van der Waals surface area contributed by atoms with Crippen molar-refractivity contribution in [1.82, 2.24) is 0 Å². The predicted molar refractivity (Wildman–Crippen MR) is 102 cm³/mol. The van der Waals surface area contributed by atoms with Gasteiger partial charge in [0.2, 0.25) is 0 Å². The average molecular weight is 341 g/mol. The normalized spacial score (nSPS) is 10.6. The van der Waals surface area contributed by atoms with E-state index >= 15 is 0 Å². The van der Waals surface area contributed by atoms with Gasteiger partial charge in [0.05, 0.1) is 6.54 Å². The molecule has 0 amide bonds. The van der Waals surface area contributed by atoms with Gasteiger partial charge in [-0.3, -0.25) is 0 Å². The van der Waals surface area contributed by atoms with Gasteiger partial charge < -0.3 is 14.4 Å². The molecule has 0 heterocycles. The van der Waals surface area contributed by atoms with Crippen LogP contribution < -0.4 is 9.64 Å². The second-order valence-electron chi connectivity index (χ2n) is 6.35. The summed E-state index contributed by atoms with van der Waals surface area (Å²) in [5.74, 6) is 0.909. The Morgan fingerprint density at radius 2 is 1.84 bits per heavy atom. The molecule has 0 unspecified atom stereocenters. The number of para-hydroxylation sites is 1. The van der Waals surface area contributed by atoms with Gasteiger partial charge in [-0.25, -0.2) is 4.79 Å². The zero-order chi connectivity index (χ0) is 18.2. The molecule has 2 rings (SSSR count). The zero-order valence-electron chi connectivity index (χ0n) is 15.5. The Balaban J connectivity index is 1.86. The predicted octanol–water partition coefficient (Wildman–Crippen LogP) is 5.16. The first-order valence-corrected chi connectivity index (χ1v) is 8.75. The molecule has 0 saturated carbocycles. The molecule has 0 aliphatic rings. The monoisotopic (exact) mass is 341 g/mol. The summed E-state index contributed by atoms with van der Waals surface area (Å²) < 4.78 is 10.6. The fraction of sp³-hybridized carbons (Fsp3) is 0.381. The van der Waals surface area contributed by atoms with Gasteiger partial charge in [-0.1, -0.05) is 38.1 Å². The van der Waals surface area contributed by atoms with E-state index in [1.54, 1.807) is 0 Å². The van der Waals surface area contributed by atoms with E-state index in [1.165, 1.54) is 0 Å². The summed E-state index contributed by atoms with van der Waals surface area (Å²) >= 11 is 0. The summed E-state index contributed by atoms with van der Waals surface area (Å²) in [6.45, 7) is 10.0. The van der Waals surface area contributed by atoms with Crippen molar-refractivity contribution in [3.8, 4) is 5.75 Å². The molecule has 2 aromatic carbocycles. The maximum atomic E-state index is 11.9. The Morgan fingerprint density at radius 1 is 1.12 bits per heavy atom. The van der Waals surface area contributed by atoms with Crippen LogP contribution in [0.15, 0.2) is 48.5 Å². The van der Waals surface area contributed by atoms with Crippen molar-refractivity contribution < 1.29 is 14.3 Å². The van der Waals surface area contributed by atoms with Gasteiger partial charge in [0.15, 0.2) is 0 Å². The number of aryl methyl sites for hydroxylation is 1. The summed E-state index contributed by atoms with van der Waals surface area (Å²) in [5, 5.41) is 0. The third kappa shape index (κ3) is 5.82. The van der Waals surface area contributed by atoms with Crippen LogP contribution in [0, 0.1) is 6.92 Å². The number of carbonyl (C=O) groups excluding carboxylic acids is 1. The molecule has 0 atom stereocenters. The van der Waals surface area contributed by atoms with E-state index in [2.05, 4.69) is 31.7 Å². The van der Waals surface area contributed by atoms with E-state index in [0.29, 0.717) is 18.2 Å². The number of carbonyl (C=O) groups is 1. The number of hydrogen-bond donors (Lipinski definition) is 0. The Kier molecular flexibility index (Phi) is 6.87. The van der Waals surface area contributed by atoms with Gasteiger partial charge in [0.25, 0.3) is 0 Å². The number of ether oxygens (including phenoxy) is 2. The topological polar surface area (TPSA) is 38.8 Å². The summed E-state index contributed by atoms with van der Waals surface area (Å²) in [4.78, 5) is 14.1. The number of hydrogen-bond acceptors (Lipinski definition) is 4. The molecule has 0 bridgehead atoms. The lowest BCUT2D eigenvalue weighted by Gasteiger charge is -2.22.